The Morgan fingerprint density at radius 3 is 2.63 bits per heavy atom. The third-order valence-corrected chi connectivity index (χ3v) is 3.35. The van der Waals surface area contributed by atoms with Crippen molar-refractivity contribution in [2.24, 2.45) is 5.92 Å². The van der Waals surface area contributed by atoms with E-state index in [0.29, 0.717) is 19.0 Å². The molecular formula is C13H15F3N2O. The van der Waals surface area contributed by atoms with Crippen molar-refractivity contribution in [3.8, 4) is 0 Å². The van der Waals surface area contributed by atoms with Crippen LogP contribution in [0.3, 0.4) is 0 Å². The van der Waals surface area contributed by atoms with Crippen LogP contribution in [0.1, 0.15) is 29.3 Å². The summed E-state index contributed by atoms with van der Waals surface area (Å²) in [7, 11) is 0. The Kier molecular flexibility index (Phi) is 3.43. The maximum Gasteiger partial charge on any atom is 0.418 e. The second-order valence-corrected chi connectivity index (χ2v) is 4.91. The van der Waals surface area contributed by atoms with Crippen molar-refractivity contribution in [1.29, 1.82) is 0 Å². The van der Waals surface area contributed by atoms with Gasteiger partial charge in [0.1, 0.15) is 0 Å². The molecule has 1 aliphatic heterocycles. The molecule has 2 N–H and O–H groups in total. The predicted octanol–water partition coefficient (Wildman–Crippen LogP) is 2.77. The van der Waals surface area contributed by atoms with E-state index < -0.39 is 23.3 Å². The van der Waals surface area contributed by atoms with Gasteiger partial charge in [-0.15, -0.1) is 0 Å². The van der Waals surface area contributed by atoms with Crippen LogP contribution in [0.2, 0.25) is 0 Å². The summed E-state index contributed by atoms with van der Waals surface area (Å²) in [6.07, 6.45) is -3.68. The lowest BCUT2D eigenvalue weighted by atomic mass is 10.1. The van der Waals surface area contributed by atoms with Gasteiger partial charge in [-0.3, -0.25) is 4.79 Å². The highest BCUT2D eigenvalue weighted by molar-refractivity contribution is 6.00. The molecule has 1 fully saturated rings. The molecule has 19 heavy (non-hydrogen) atoms. The van der Waals surface area contributed by atoms with E-state index in [0.717, 1.165) is 12.5 Å². The van der Waals surface area contributed by atoms with Gasteiger partial charge in [0.25, 0.3) is 5.91 Å². The molecule has 0 radical (unpaired) electrons. The normalized spacial score (nSPS) is 19.8. The molecule has 104 valence electrons. The maximum atomic E-state index is 12.7. The minimum absolute atomic E-state index is 0.0658. The lowest BCUT2D eigenvalue weighted by Crippen LogP contribution is -2.29. The first-order valence-electron chi connectivity index (χ1n) is 6.05. The van der Waals surface area contributed by atoms with Gasteiger partial charge in [-0.05, 0) is 24.5 Å². The number of nitrogen functional groups attached to an aromatic ring is 1. The van der Waals surface area contributed by atoms with Gasteiger partial charge in [-0.1, -0.05) is 13.0 Å². The number of likely N-dealkylation sites (tertiary alicyclic amines) is 1. The molecule has 1 aliphatic rings. The molecule has 1 saturated heterocycles. The van der Waals surface area contributed by atoms with Crippen LogP contribution in [0.5, 0.6) is 0 Å². The molecule has 0 aromatic heterocycles. The number of hydrogen-bond donors (Lipinski definition) is 1. The third kappa shape index (κ3) is 2.67. The molecule has 2 rings (SSSR count). The minimum atomic E-state index is -4.54. The molecule has 6 heteroatoms. The monoisotopic (exact) mass is 272 g/mol. The van der Waals surface area contributed by atoms with Crippen LogP contribution in [-0.4, -0.2) is 23.9 Å². The zero-order valence-electron chi connectivity index (χ0n) is 10.5. The number of nitrogens with two attached hydrogens (primary N) is 1. The summed E-state index contributed by atoms with van der Waals surface area (Å²) in [5.41, 5.74) is 4.00. The second-order valence-electron chi connectivity index (χ2n) is 4.91. The summed E-state index contributed by atoms with van der Waals surface area (Å²) in [6, 6.07) is 3.44. The number of alkyl halides is 3. The molecule has 1 heterocycles. The second kappa shape index (κ2) is 4.75. The smallest absolute Gasteiger partial charge is 0.398 e. The third-order valence-electron chi connectivity index (χ3n) is 3.35. The Morgan fingerprint density at radius 1 is 1.42 bits per heavy atom. The summed E-state index contributed by atoms with van der Waals surface area (Å²) in [5, 5.41) is 0. The van der Waals surface area contributed by atoms with Gasteiger partial charge in [-0.25, -0.2) is 0 Å². The quantitative estimate of drug-likeness (QED) is 0.799. The fraction of sp³-hybridized carbons (Fsp3) is 0.462. The Labute approximate surface area is 109 Å². The van der Waals surface area contributed by atoms with Gasteiger partial charge in [-0.2, -0.15) is 13.2 Å². The fourth-order valence-electron chi connectivity index (χ4n) is 2.29. The highest BCUT2D eigenvalue weighted by Crippen LogP contribution is 2.35. The van der Waals surface area contributed by atoms with E-state index in [1.807, 2.05) is 6.92 Å². The first-order chi connectivity index (χ1) is 8.80. The van der Waals surface area contributed by atoms with Gasteiger partial charge < -0.3 is 10.6 Å². The van der Waals surface area contributed by atoms with E-state index in [2.05, 4.69) is 0 Å². The van der Waals surface area contributed by atoms with Crippen molar-refractivity contribution in [2.45, 2.75) is 19.5 Å². The molecule has 3 nitrogen and oxygen atoms in total. The summed E-state index contributed by atoms with van der Waals surface area (Å²) in [4.78, 5) is 13.7. The van der Waals surface area contributed by atoms with Crippen molar-refractivity contribution in [2.75, 3.05) is 18.8 Å². The SMILES string of the molecule is CC1CCN(C(=O)c2cccc(C(F)(F)F)c2N)C1. The number of hydrogen-bond acceptors (Lipinski definition) is 2. The molecule has 1 aromatic carbocycles. The first-order valence-corrected chi connectivity index (χ1v) is 6.05. The standard InChI is InChI=1S/C13H15F3N2O/c1-8-5-6-18(7-8)12(19)9-3-2-4-10(11(9)17)13(14,15)16/h2-4,8H,5-7,17H2,1H3. The highest BCUT2D eigenvalue weighted by Gasteiger charge is 2.35. The topological polar surface area (TPSA) is 46.3 Å². The van der Waals surface area contributed by atoms with Gasteiger partial charge >= 0.3 is 6.18 Å². The molecular weight excluding hydrogens is 257 g/mol. The Balaban J connectivity index is 2.33. The van der Waals surface area contributed by atoms with Crippen molar-refractivity contribution in [1.82, 2.24) is 4.90 Å². The summed E-state index contributed by atoms with van der Waals surface area (Å²) in [6.45, 7) is 3.13. The first kappa shape index (κ1) is 13.7. The van der Waals surface area contributed by atoms with Crippen molar-refractivity contribution in [3.05, 3.63) is 29.3 Å². The number of amides is 1. The minimum Gasteiger partial charge on any atom is -0.398 e. The molecule has 0 bridgehead atoms. The molecule has 0 spiro atoms. The number of anilines is 1. The zero-order valence-corrected chi connectivity index (χ0v) is 10.5. The van der Waals surface area contributed by atoms with E-state index in [4.69, 9.17) is 5.73 Å². The van der Waals surface area contributed by atoms with E-state index in [1.165, 1.54) is 12.1 Å². The largest absolute Gasteiger partial charge is 0.418 e. The number of nitrogens with zero attached hydrogens (tertiary/aromatic N) is 1. The van der Waals surface area contributed by atoms with Crippen LogP contribution in [0, 0.1) is 5.92 Å². The van der Waals surface area contributed by atoms with Gasteiger partial charge in [0.05, 0.1) is 16.8 Å². The van der Waals surface area contributed by atoms with E-state index in [-0.39, 0.29) is 5.56 Å². The van der Waals surface area contributed by atoms with Gasteiger partial charge in [0.15, 0.2) is 0 Å². The Bertz CT molecular complexity index is 499. The van der Waals surface area contributed by atoms with Gasteiger partial charge in [0.2, 0.25) is 0 Å². The Morgan fingerprint density at radius 2 is 2.11 bits per heavy atom. The van der Waals surface area contributed by atoms with E-state index >= 15 is 0 Å². The predicted molar refractivity (Wildman–Crippen MR) is 65.5 cm³/mol. The van der Waals surface area contributed by atoms with Crippen LogP contribution in [-0.2, 0) is 6.18 Å². The number of rotatable bonds is 1. The van der Waals surface area contributed by atoms with Crippen LogP contribution < -0.4 is 5.73 Å². The van der Waals surface area contributed by atoms with Gasteiger partial charge in [0, 0.05) is 13.1 Å². The Hall–Kier alpha value is -1.72. The molecule has 0 saturated carbocycles. The number of benzene rings is 1. The fourth-order valence-corrected chi connectivity index (χ4v) is 2.29. The number of carbonyl (C=O) groups is 1. The summed E-state index contributed by atoms with van der Waals surface area (Å²) < 4.78 is 38.2. The van der Waals surface area contributed by atoms with Crippen LogP contribution in [0.25, 0.3) is 0 Å². The lowest BCUT2D eigenvalue weighted by molar-refractivity contribution is -0.136. The summed E-state index contributed by atoms with van der Waals surface area (Å²) >= 11 is 0. The average molecular weight is 272 g/mol. The molecule has 1 amide bonds. The highest BCUT2D eigenvalue weighted by atomic mass is 19.4. The molecule has 1 aromatic rings. The van der Waals surface area contributed by atoms with Crippen molar-refractivity contribution >= 4 is 11.6 Å². The molecule has 1 atom stereocenters. The lowest BCUT2D eigenvalue weighted by Gasteiger charge is -2.19. The van der Waals surface area contributed by atoms with E-state index in [9.17, 15) is 18.0 Å². The van der Waals surface area contributed by atoms with Crippen LogP contribution in [0.15, 0.2) is 18.2 Å². The number of carbonyl (C=O) groups excluding carboxylic acids is 1. The van der Waals surface area contributed by atoms with Crippen molar-refractivity contribution in [3.63, 3.8) is 0 Å². The average Bonchev–Trinajstić information content (AvgIpc) is 2.74. The molecule has 0 aliphatic carbocycles. The molecule has 1 unspecified atom stereocenters. The van der Waals surface area contributed by atoms with E-state index in [1.54, 1.807) is 4.90 Å². The van der Waals surface area contributed by atoms with Crippen molar-refractivity contribution < 1.29 is 18.0 Å². The summed E-state index contributed by atoms with van der Waals surface area (Å²) in [5.74, 6) is -0.0519. The zero-order chi connectivity index (χ0) is 14.2. The van der Waals surface area contributed by atoms with Crippen LogP contribution >= 0.6 is 0 Å². The van der Waals surface area contributed by atoms with Crippen LogP contribution in [0.4, 0.5) is 18.9 Å². The number of para-hydroxylation sites is 1. The number of halogens is 3. The maximum absolute atomic E-state index is 12.7.